The van der Waals surface area contributed by atoms with Crippen molar-refractivity contribution in [2.75, 3.05) is 26.2 Å². The molecule has 2 amide bonds. The van der Waals surface area contributed by atoms with Gasteiger partial charge in [-0.3, -0.25) is 9.59 Å². The molecule has 0 radical (unpaired) electrons. The Morgan fingerprint density at radius 2 is 2.05 bits per heavy atom. The molecule has 2 aliphatic rings. The van der Waals surface area contributed by atoms with E-state index in [4.69, 9.17) is 0 Å². The molecular weight excluding hydrogens is 268 g/mol. The third kappa shape index (κ3) is 3.20. The van der Waals surface area contributed by atoms with Crippen LogP contribution in [-0.4, -0.2) is 57.8 Å². The second kappa shape index (κ2) is 6.20. The minimum Gasteiger partial charge on any atom is -0.342 e. The van der Waals surface area contributed by atoms with Crippen molar-refractivity contribution >= 4 is 11.8 Å². The summed E-state index contributed by atoms with van der Waals surface area (Å²) in [4.78, 5) is 35.7. The number of nitrogens with zero attached hydrogens (tertiary/aromatic N) is 4. The first-order chi connectivity index (χ1) is 10.2. The Morgan fingerprint density at radius 1 is 1.24 bits per heavy atom. The second-order valence-corrected chi connectivity index (χ2v) is 5.83. The number of piperidine rings is 1. The molecule has 2 fully saturated rings. The van der Waals surface area contributed by atoms with Crippen molar-refractivity contribution in [3.63, 3.8) is 0 Å². The Morgan fingerprint density at radius 3 is 2.76 bits per heavy atom. The van der Waals surface area contributed by atoms with Gasteiger partial charge in [-0.1, -0.05) is 0 Å². The van der Waals surface area contributed by atoms with Crippen molar-refractivity contribution in [2.45, 2.75) is 25.7 Å². The number of amides is 2. The van der Waals surface area contributed by atoms with E-state index in [0.717, 1.165) is 45.4 Å². The van der Waals surface area contributed by atoms with Gasteiger partial charge in [-0.05, 0) is 25.2 Å². The van der Waals surface area contributed by atoms with Crippen molar-refractivity contribution in [3.05, 3.63) is 24.3 Å². The van der Waals surface area contributed by atoms with E-state index in [1.807, 2.05) is 9.80 Å². The molecule has 6 nitrogen and oxygen atoms in total. The number of rotatable bonds is 3. The maximum Gasteiger partial charge on any atom is 0.257 e. The van der Waals surface area contributed by atoms with Gasteiger partial charge in [0.2, 0.25) is 5.91 Å². The van der Waals surface area contributed by atoms with Crippen molar-refractivity contribution < 1.29 is 9.59 Å². The summed E-state index contributed by atoms with van der Waals surface area (Å²) >= 11 is 0. The molecule has 21 heavy (non-hydrogen) atoms. The molecule has 2 aliphatic heterocycles. The van der Waals surface area contributed by atoms with Gasteiger partial charge in [0, 0.05) is 45.0 Å². The minimum atomic E-state index is -0.00644. The molecule has 0 spiro atoms. The van der Waals surface area contributed by atoms with E-state index in [2.05, 4.69) is 9.97 Å². The molecule has 3 heterocycles. The fourth-order valence-electron chi connectivity index (χ4n) is 3.20. The van der Waals surface area contributed by atoms with Crippen LogP contribution in [-0.2, 0) is 4.79 Å². The zero-order chi connectivity index (χ0) is 14.7. The van der Waals surface area contributed by atoms with Gasteiger partial charge in [0.25, 0.3) is 5.91 Å². The van der Waals surface area contributed by atoms with Crippen LogP contribution < -0.4 is 0 Å². The lowest BCUT2D eigenvalue weighted by atomic mass is 9.97. The molecule has 1 aromatic heterocycles. The van der Waals surface area contributed by atoms with E-state index >= 15 is 0 Å². The zero-order valence-electron chi connectivity index (χ0n) is 12.1. The summed E-state index contributed by atoms with van der Waals surface area (Å²) < 4.78 is 0. The zero-order valence-corrected chi connectivity index (χ0v) is 12.1. The van der Waals surface area contributed by atoms with E-state index in [1.54, 1.807) is 12.4 Å². The summed E-state index contributed by atoms with van der Waals surface area (Å²) in [6.45, 7) is 3.15. The Hall–Kier alpha value is -1.98. The van der Waals surface area contributed by atoms with Crippen LogP contribution in [0, 0.1) is 5.92 Å². The smallest absolute Gasteiger partial charge is 0.257 e. The topological polar surface area (TPSA) is 66.4 Å². The van der Waals surface area contributed by atoms with Gasteiger partial charge in [-0.15, -0.1) is 0 Å². The molecule has 112 valence electrons. The predicted molar refractivity (Wildman–Crippen MR) is 76.5 cm³/mol. The van der Waals surface area contributed by atoms with Crippen LogP contribution in [0.2, 0.25) is 0 Å². The second-order valence-electron chi connectivity index (χ2n) is 5.83. The standard InChI is InChI=1S/C15H20N4O2/c20-14-4-2-5-18(14)9-12-3-1-6-19(10-12)15(21)13-7-16-11-17-8-13/h7-8,11-12H,1-6,9-10H2. The Bertz CT molecular complexity index is 520. The lowest BCUT2D eigenvalue weighted by Crippen LogP contribution is -2.44. The number of hydrogen-bond acceptors (Lipinski definition) is 4. The van der Waals surface area contributed by atoms with Crippen LogP contribution in [0.3, 0.4) is 0 Å². The van der Waals surface area contributed by atoms with Crippen molar-refractivity contribution in [1.29, 1.82) is 0 Å². The van der Waals surface area contributed by atoms with Gasteiger partial charge in [-0.25, -0.2) is 9.97 Å². The molecule has 0 aliphatic carbocycles. The van der Waals surface area contributed by atoms with Crippen LogP contribution in [0.5, 0.6) is 0 Å². The van der Waals surface area contributed by atoms with E-state index in [-0.39, 0.29) is 11.8 Å². The molecule has 0 saturated carbocycles. The minimum absolute atomic E-state index is 0.00644. The average molecular weight is 288 g/mol. The quantitative estimate of drug-likeness (QED) is 0.830. The number of likely N-dealkylation sites (tertiary alicyclic amines) is 2. The molecule has 0 N–H and O–H groups in total. The first kappa shape index (κ1) is 14.0. The highest BCUT2D eigenvalue weighted by molar-refractivity contribution is 5.93. The summed E-state index contributed by atoms with van der Waals surface area (Å²) in [5.74, 6) is 0.636. The highest BCUT2D eigenvalue weighted by Gasteiger charge is 2.28. The average Bonchev–Trinajstić information content (AvgIpc) is 2.93. The highest BCUT2D eigenvalue weighted by Crippen LogP contribution is 2.21. The Balaban J connectivity index is 1.60. The normalized spacial score (nSPS) is 22.7. The summed E-state index contributed by atoms with van der Waals surface area (Å²) in [7, 11) is 0. The van der Waals surface area contributed by atoms with E-state index in [0.29, 0.717) is 17.9 Å². The van der Waals surface area contributed by atoms with Crippen LogP contribution in [0.1, 0.15) is 36.0 Å². The molecule has 1 atom stereocenters. The summed E-state index contributed by atoms with van der Waals surface area (Å²) in [5.41, 5.74) is 0.537. The third-order valence-electron chi connectivity index (χ3n) is 4.26. The molecule has 6 heteroatoms. The SMILES string of the molecule is O=C1CCCN1CC1CCCN(C(=O)c2cncnc2)C1. The predicted octanol–water partition coefficient (Wildman–Crippen LogP) is 0.951. The number of carbonyl (C=O) groups excluding carboxylic acids is 2. The van der Waals surface area contributed by atoms with Crippen molar-refractivity contribution in [2.24, 2.45) is 5.92 Å². The van der Waals surface area contributed by atoms with Gasteiger partial charge in [0.05, 0.1) is 5.56 Å². The molecular formula is C15H20N4O2. The summed E-state index contributed by atoms with van der Waals surface area (Å²) in [6, 6.07) is 0. The van der Waals surface area contributed by atoms with Crippen molar-refractivity contribution in [3.8, 4) is 0 Å². The van der Waals surface area contributed by atoms with Crippen LogP contribution in [0.4, 0.5) is 0 Å². The molecule has 1 aromatic rings. The maximum absolute atomic E-state index is 12.4. The Labute approximate surface area is 124 Å². The van der Waals surface area contributed by atoms with Crippen LogP contribution in [0.15, 0.2) is 18.7 Å². The van der Waals surface area contributed by atoms with Crippen LogP contribution >= 0.6 is 0 Å². The fourth-order valence-corrected chi connectivity index (χ4v) is 3.20. The molecule has 3 rings (SSSR count). The lowest BCUT2D eigenvalue weighted by Gasteiger charge is -2.34. The molecule has 0 aromatic carbocycles. The van der Waals surface area contributed by atoms with Gasteiger partial charge in [0.1, 0.15) is 6.33 Å². The van der Waals surface area contributed by atoms with Crippen molar-refractivity contribution in [1.82, 2.24) is 19.8 Å². The number of aromatic nitrogens is 2. The molecule has 2 saturated heterocycles. The Kier molecular flexibility index (Phi) is 4.13. The number of hydrogen-bond donors (Lipinski definition) is 0. The molecule has 0 bridgehead atoms. The monoisotopic (exact) mass is 288 g/mol. The maximum atomic E-state index is 12.4. The van der Waals surface area contributed by atoms with Gasteiger partial charge < -0.3 is 9.80 Å². The largest absolute Gasteiger partial charge is 0.342 e. The number of carbonyl (C=O) groups is 2. The fraction of sp³-hybridized carbons (Fsp3) is 0.600. The van der Waals surface area contributed by atoms with Gasteiger partial charge >= 0.3 is 0 Å². The molecule has 1 unspecified atom stereocenters. The first-order valence-corrected chi connectivity index (χ1v) is 7.56. The van der Waals surface area contributed by atoms with E-state index < -0.39 is 0 Å². The highest BCUT2D eigenvalue weighted by atomic mass is 16.2. The van der Waals surface area contributed by atoms with Gasteiger partial charge in [0.15, 0.2) is 0 Å². The van der Waals surface area contributed by atoms with Gasteiger partial charge in [-0.2, -0.15) is 0 Å². The summed E-state index contributed by atoms with van der Waals surface area (Å²) in [5, 5.41) is 0. The first-order valence-electron chi connectivity index (χ1n) is 7.56. The van der Waals surface area contributed by atoms with Crippen LogP contribution in [0.25, 0.3) is 0 Å². The lowest BCUT2D eigenvalue weighted by molar-refractivity contribution is -0.128. The summed E-state index contributed by atoms with van der Waals surface area (Å²) in [6.07, 6.45) is 8.26. The third-order valence-corrected chi connectivity index (χ3v) is 4.26. The van der Waals surface area contributed by atoms with E-state index in [9.17, 15) is 9.59 Å². The van der Waals surface area contributed by atoms with E-state index in [1.165, 1.54) is 6.33 Å².